The number of rotatable bonds is 6. The molecule has 0 aliphatic carbocycles. The van der Waals surface area contributed by atoms with Gasteiger partial charge in [0.25, 0.3) is 5.91 Å². The molecule has 0 fully saturated rings. The molecule has 1 heterocycles. The lowest BCUT2D eigenvalue weighted by molar-refractivity contribution is -0.142. The highest BCUT2D eigenvalue weighted by Crippen LogP contribution is 2.23. The van der Waals surface area contributed by atoms with Gasteiger partial charge in [0.05, 0.1) is 0 Å². The first-order chi connectivity index (χ1) is 11.0. The number of hydrogen-bond acceptors (Lipinski definition) is 3. The standard InChI is InChI=1S/C19H27N3O/c1-15(2)22(16(3)4)18(23)19(12-8-9-13-20-19)21-14-17-10-6-5-7-11-17/h5-11,13,15-16,21H,12,14H2,1-4H3. The Morgan fingerprint density at radius 3 is 2.39 bits per heavy atom. The van der Waals surface area contributed by atoms with Gasteiger partial charge >= 0.3 is 0 Å². The van der Waals surface area contributed by atoms with Crippen LogP contribution in [0.25, 0.3) is 0 Å². The van der Waals surface area contributed by atoms with Gasteiger partial charge in [0.2, 0.25) is 0 Å². The van der Waals surface area contributed by atoms with Crippen LogP contribution in [0, 0.1) is 0 Å². The number of nitrogens with one attached hydrogen (secondary N) is 1. The SMILES string of the molecule is CC(C)N(C(=O)C1(NCc2ccccc2)CC=CC=N1)C(C)C. The largest absolute Gasteiger partial charge is 0.335 e. The van der Waals surface area contributed by atoms with Gasteiger partial charge in [0.15, 0.2) is 5.66 Å². The van der Waals surface area contributed by atoms with E-state index < -0.39 is 5.66 Å². The average Bonchev–Trinajstić information content (AvgIpc) is 2.54. The van der Waals surface area contributed by atoms with Crippen LogP contribution in [0.3, 0.4) is 0 Å². The smallest absolute Gasteiger partial charge is 0.266 e. The van der Waals surface area contributed by atoms with Crippen LogP contribution in [0.1, 0.15) is 39.7 Å². The first-order valence-corrected chi connectivity index (χ1v) is 8.28. The van der Waals surface area contributed by atoms with Crippen molar-refractivity contribution in [3.63, 3.8) is 0 Å². The Balaban J connectivity index is 2.23. The molecule has 1 atom stereocenters. The third-order valence-electron chi connectivity index (χ3n) is 4.06. The van der Waals surface area contributed by atoms with Gasteiger partial charge in [-0.1, -0.05) is 36.4 Å². The molecule has 1 amide bonds. The Bertz CT molecular complexity index is 570. The molecule has 0 spiro atoms. The molecule has 0 saturated carbocycles. The third-order valence-corrected chi connectivity index (χ3v) is 4.06. The van der Waals surface area contributed by atoms with Crippen molar-refractivity contribution >= 4 is 12.1 Å². The van der Waals surface area contributed by atoms with Crippen molar-refractivity contribution in [3.05, 3.63) is 48.0 Å². The van der Waals surface area contributed by atoms with Gasteiger partial charge in [0.1, 0.15) is 0 Å². The second kappa shape index (κ2) is 7.55. The molecule has 1 N–H and O–H groups in total. The fourth-order valence-electron chi connectivity index (χ4n) is 2.98. The maximum absolute atomic E-state index is 13.2. The Hall–Kier alpha value is -1.94. The topological polar surface area (TPSA) is 44.7 Å². The van der Waals surface area contributed by atoms with Crippen LogP contribution in [0.4, 0.5) is 0 Å². The van der Waals surface area contributed by atoms with Crippen LogP contribution in [0.15, 0.2) is 47.5 Å². The van der Waals surface area contributed by atoms with Gasteiger partial charge in [-0.3, -0.25) is 15.1 Å². The molecule has 1 unspecified atom stereocenters. The lowest BCUT2D eigenvalue weighted by atomic mass is 9.99. The highest BCUT2D eigenvalue weighted by Gasteiger charge is 2.41. The Morgan fingerprint density at radius 2 is 1.87 bits per heavy atom. The fraction of sp³-hybridized carbons (Fsp3) is 0.474. The minimum Gasteiger partial charge on any atom is -0.335 e. The summed E-state index contributed by atoms with van der Waals surface area (Å²) in [5, 5.41) is 3.40. The summed E-state index contributed by atoms with van der Waals surface area (Å²) in [6.07, 6.45) is 6.19. The Labute approximate surface area is 139 Å². The average molecular weight is 313 g/mol. The van der Waals surface area contributed by atoms with E-state index >= 15 is 0 Å². The van der Waals surface area contributed by atoms with Gasteiger partial charge < -0.3 is 4.90 Å². The molecule has 0 saturated heterocycles. The molecule has 0 radical (unpaired) electrons. The van der Waals surface area contributed by atoms with Crippen molar-refractivity contribution in [2.45, 2.75) is 58.4 Å². The van der Waals surface area contributed by atoms with Crippen LogP contribution in [0.2, 0.25) is 0 Å². The summed E-state index contributed by atoms with van der Waals surface area (Å²) >= 11 is 0. The zero-order valence-electron chi connectivity index (χ0n) is 14.5. The van der Waals surface area contributed by atoms with Gasteiger partial charge in [-0.2, -0.15) is 0 Å². The molecule has 2 rings (SSSR count). The van der Waals surface area contributed by atoms with E-state index in [0.717, 1.165) is 5.56 Å². The predicted molar refractivity (Wildman–Crippen MR) is 95.4 cm³/mol. The zero-order valence-corrected chi connectivity index (χ0v) is 14.5. The lowest BCUT2D eigenvalue weighted by Gasteiger charge is -2.39. The van der Waals surface area contributed by atoms with Crippen LogP contribution in [-0.2, 0) is 11.3 Å². The van der Waals surface area contributed by atoms with Crippen molar-refractivity contribution in [2.24, 2.45) is 4.99 Å². The second-order valence-electron chi connectivity index (χ2n) is 6.51. The van der Waals surface area contributed by atoms with Crippen molar-refractivity contribution < 1.29 is 4.79 Å². The van der Waals surface area contributed by atoms with Crippen LogP contribution in [-0.4, -0.2) is 34.8 Å². The second-order valence-corrected chi connectivity index (χ2v) is 6.51. The molecule has 23 heavy (non-hydrogen) atoms. The number of amides is 1. The number of aliphatic imine (C=N–C) groups is 1. The number of nitrogens with zero attached hydrogens (tertiary/aromatic N) is 2. The molecular formula is C19H27N3O. The van der Waals surface area contributed by atoms with Crippen LogP contribution >= 0.6 is 0 Å². The first-order valence-electron chi connectivity index (χ1n) is 8.28. The first kappa shape index (κ1) is 17.4. The number of allylic oxidation sites excluding steroid dienone is 1. The van der Waals surface area contributed by atoms with E-state index in [0.29, 0.717) is 13.0 Å². The van der Waals surface area contributed by atoms with Crippen LogP contribution in [0.5, 0.6) is 0 Å². The summed E-state index contributed by atoms with van der Waals surface area (Å²) in [4.78, 5) is 19.7. The summed E-state index contributed by atoms with van der Waals surface area (Å²) in [6, 6.07) is 10.4. The summed E-state index contributed by atoms with van der Waals surface area (Å²) in [5.41, 5.74) is 0.240. The molecule has 1 aromatic carbocycles. The van der Waals surface area contributed by atoms with Crippen molar-refractivity contribution in [1.82, 2.24) is 10.2 Å². The normalized spacial score (nSPS) is 20.3. The third kappa shape index (κ3) is 4.08. The Morgan fingerprint density at radius 1 is 1.22 bits per heavy atom. The molecule has 1 aromatic rings. The van der Waals surface area contributed by atoms with E-state index in [9.17, 15) is 4.79 Å². The lowest BCUT2D eigenvalue weighted by Crippen LogP contribution is -2.60. The van der Waals surface area contributed by atoms with Gasteiger partial charge in [-0.15, -0.1) is 0 Å². The number of benzene rings is 1. The van der Waals surface area contributed by atoms with Crippen molar-refractivity contribution in [3.8, 4) is 0 Å². The highest BCUT2D eigenvalue weighted by atomic mass is 16.2. The van der Waals surface area contributed by atoms with E-state index in [1.54, 1.807) is 6.21 Å². The minimum atomic E-state index is -0.904. The van der Waals surface area contributed by atoms with E-state index in [4.69, 9.17) is 0 Å². The van der Waals surface area contributed by atoms with E-state index in [-0.39, 0.29) is 18.0 Å². The summed E-state index contributed by atoms with van der Waals surface area (Å²) in [7, 11) is 0. The van der Waals surface area contributed by atoms with E-state index in [1.807, 2.05) is 62.9 Å². The molecule has 4 heteroatoms. The molecule has 4 nitrogen and oxygen atoms in total. The number of carbonyl (C=O) groups excluding carboxylic acids is 1. The summed E-state index contributed by atoms with van der Waals surface area (Å²) in [5.74, 6) is 0.0408. The quantitative estimate of drug-likeness (QED) is 0.877. The summed E-state index contributed by atoms with van der Waals surface area (Å²) in [6.45, 7) is 8.80. The van der Waals surface area contributed by atoms with E-state index in [1.165, 1.54) is 0 Å². The highest BCUT2D eigenvalue weighted by molar-refractivity contribution is 5.90. The predicted octanol–water partition coefficient (Wildman–Crippen LogP) is 3.15. The van der Waals surface area contributed by atoms with E-state index in [2.05, 4.69) is 22.4 Å². The molecule has 124 valence electrons. The number of dihydropyridines is 1. The minimum absolute atomic E-state index is 0.0408. The molecule has 1 aliphatic rings. The van der Waals surface area contributed by atoms with Crippen molar-refractivity contribution in [2.75, 3.05) is 0 Å². The molecule has 0 bridgehead atoms. The van der Waals surface area contributed by atoms with Crippen molar-refractivity contribution in [1.29, 1.82) is 0 Å². The zero-order chi connectivity index (χ0) is 16.9. The van der Waals surface area contributed by atoms with Gasteiger partial charge in [-0.25, -0.2) is 0 Å². The Kier molecular flexibility index (Phi) is 5.72. The fourth-order valence-corrected chi connectivity index (χ4v) is 2.98. The number of carbonyl (C=O) groups is 1. The van der Waals surface area contributed by atoms with Crippen LogP contribution < -0.4 is 5.32 Å². The van der Waals surface area contributed by atoms with Gasteiger partial charge in [-0.05, 0) is 39.3 Å². The van der Waals surface area contributed by atoms with Gasteiger partial charge in [0, 0.05) is 31.3 Å². The summed E-state index contributed by atoms with van der Waals surface area (Å²) < 4.78 is 0. The monoisotopic (exact) mass is 313 g/mol. The maximum Gasteiger partial charge on any atom is 0.266 e. The number of hydrogen-bond donors (Lipinski definition) is 1. The molecular weight excluding hydrogens is 286 g/mol. The maximum atomic E-state index is 13.2. The molecule has 0 aromatic heterocycles. The molecule has 1 aliphatic heterocycles.